The number of amides is 2. The van der Waals surface area contributed by atoms with Crippen molar-refractivity contribution in [1.29, 1.82) is 0 Å². The molecular weight excluding hydrogens is 278 g/mol. The molecule has 2 rings (SSSR count). The lowest BCUT2D eigenvalue weighted by molar-refractivity contribution is -0.142. The first-order chi connectivity index (χ1) is 9.45. The van der Waals surface area contributed by atoms with Gasteiger partial charge in [-0.05, 0) is 39.5 Å². The van der Waals surface area contributed by atoms with Crippen LogP contribution in [-0.4, -0.2) is 28.1 Å². The minimum atomic E-state index is -0.733. The van der Waals surface area contributed by atoms with Crippen molar-refractivity contribution in [3.63, 3.8) is 0 Å². The summed E-state index contributed by atoms with van der Waals surface area (Å²) >= 11 is 1.45. The zero-order valence-electron chi connectivity index (χ0n) is 11.6. The van der Waals surface area contributed by atoms with Crippen molar-refractivity contribution in [2.24, 2.45) is 5.92 Å². The highest BCUT2D eigenvalue weighted by Gasteiger charge is 2.26. The molecule has 1 aliphatic rings. The van der Waals surface area contributed by atoms with Crippen molar-refractivity contribution in [2.75, 3.05) is 5.32 Å². The Bertz CT molecular complexity index is 507. The second kappa shape index (κ2) is 6.21. The monoisotopic (exact) mass is 297 g/mol. The first-order valence-electron chi connectivity index (χ1n) is 6.70. The number of nitrogens with one attached hydrogen (secondary N) is 2. The van der Waals surface area contributed by atoms with Gasteiger partial charge in [-0.3, -0.25) is 10.1 Å². The van der Waals surface area contributed by atoms with Gasteiger partial charge in [0, 0.05) is 6.04 Å². The fourth-order valence-corrected chi connectivity index (χ4v) is 3.27. The number of carbonyl (C=O) groups excluding carboxylic acids is 1. The van der Waals surface area contributed by atoms with Crippen LogP contribution in [0, 0.1) is 19.8 Å². The van der Waals surface area contributed by atoms with E-state index >= 15 is 0 Å². The van der Waals surface area contributed by atoms with Gasteiger partial charge in [0.25, 0.3) is 0 Å². The van der Waals surface area contributed by atoms with Gasteiger partial charge < -0.3 is 10.4 Å². The zero-order valence-corrected chi connectivity index (χ0v) is 12.4. The van der Waals surface area contributed by atoms with Crippen LogP contribution in [0.5, 0.6) is 0 Å². The third-order valence-electron chi connectivity index (χ3n) is 3.54. The maximum atomic E-state index is 11.9. The molecule has 0 bridgehead atoms. The molecule has 0 aliphatic heterocycles. The fourth-order valence-electron chi connectivity index (χ4n) is 2.46. The van der Waals surface area contributed by atoms with Crippen LogP contribution in [0.2, 0.25) is 0 Å². The van der Waals surface area contributed by atoms with E-state index in [2.05, 4.69) is 15.6 Å². The summed E-state index contributed by atoms with van der Waals surface area (Å²) in [7, 11) is 0. The van der Waals surface area contributed by atoms with Gasteiger partial charge in [-0.2, -0.15) is 0 Å². The van der Waals surface area contributed by atoms with E-state index in [1.807, 2.05) is 13.8 Å². The van der Waals surface area contributed by atoms with Crippen LogP contribution >= 0.6 is 11.3 Å². The van der Waals surface area contributed by atoms with Gasteiger partial charge in [-0.25, -0.2) is 9.78 Å². The Morgan fingerprint density at radius 3 is 2.40 bits per heavy atom. The molecule has 1 aromatic heterocycles. The number of rotatable bonds is 3. The molecule has 1 heterocycles. The molecule has 1 saturated carbocycles. The highest BCUT2D eigenvalue weighted by atomic mass is 32.1. The number of aryl methyl sites for hydroxylation is 2. The molecule has 0 spiro atoms. The van der Waals surface area contributed by atoms with Crippen molar-refractivity contribution >= 4 is 28.3 Å². The molecule has 7 heteroatoms. The average molecular weight is 297 g/mol. The van der Waals surface area contributed by atoms with Crippen molar-refractivity contribution in [3.05, 3.63) is 10.7 Å². The average Bonchev–Trinajstić information content (AvgIpc) is 2.68. The van der Waals surface area contributed by atoms with Gasteiger partial charge in [0.1, 0.15) is 5.00 Å². The first kappa shape index (κ1) is 14.8. The van der Waals surface area contributed by atoms with E-state index in [9.17, 15) is 9.59 Å². The maximum Gasteiger partial charge on any atom is 0.320 e. The number of thiazole rings is 1. The number of urea groups is 1. The van der Waals surface area contributed by atoms with E-state index in [1.54, 1.807) is 0 Å². The fraction of sp³-hybridized carbons (Fsp3) is 0.615. The Morgan fingerprint density at radius 1 is 1.25 bits per heavy atom. The third-order valence-corrected chi connectivity index (χ3v) is 4.53. The number of carboxylic acid groups (broad SMARTS) is 1. The molecular formula is C13H19N3O3S. The van der Waals surface area contributed by atoms with Crippen LogP contribution in [0.15, 0.2) is 0 Å². The molecule has 0 atom stereocenters. The van der Waals surface area contributed by atoms with Gasteiger partial charge >= 0.3 is 12.0 Å². The Morgan fingerprint density at radius 2 is 1.90 bits per heavy atom. The lowest BCUT2D eigenvalue weighted by atomic mass is 9.86. The predicted molar refractivity (Wildman–Crippen MR) is 77.1 cm³/mol. The number of nitrogens with zero attached hydrogens (tertiary/aromatic N) is 1. The van der Waals surface area contributed by atoms with E-state index in [0.717, 1.165) is 15.7 Å². The van der Waals surface area contributed by atoms with Crippen LogP contribution < -0.4 is 10.6 Å². The summed E-state index contributed by atoms with van der Waals surface area (Å²) < 4.78 is 0. The number of hydrogen-bond donors (Lipinski definition) is 3. The summed E-state index contributed by atoms with van der Waals surface area (Å²) in [5, 5.41) is 16.3. The Labute approximate surface area is 121 Å². The number of hydrogen-bond acceptors (Lipinski definition) is 4. The Balaban J connectivity index is 1.81. The van der Waals surface area contributed by atoms with Crippen molar-refractivity contribution in [2.45, 2.75) is 45.6 Å². The van der Waals surface area contributed by atoms with Gasteiger partial charge in [-0.1, -0.05) is 0 Å². The molecule has 6 nitrogen and oxygen atoms in total. The van der Waals surface area contributed by atoms with E-state index in [1.165, 1.54) is 11.3 Å². The molecule has 110 valence electrons. The smallest absolute Gasteiger partial charge is 0.320 e. The SMILES string of the molecule is Cc1nc(C)c(NC(=O)NC2CCC(C(=O)O)CC2)s1. The highest BCUT2D eigenvalue weighted by Crippen LogP contribution is 2.25. The number of carbonyl (C=O) groups is 2. The number of carboxylic acids is 1. The molecule has 0 radical (unpaired) electrons. The molecule has 0 aromatic carbocycles. The van der Waals surface area contributed by atoms with Gasteiger partial charge in [0.2, 0.25) is 0 Å². The van der Waals surface area contributed by atoms with Crippen LogP contribution in [0.25, 0.3) is 0 Å². The van der Waals surface area contributed by atoms with Gasteiger partial charge in [-0.15, -0.1) is 11.3 Å². The zero-order chi connectivity index (χ0) is 14.7. The number of aromatic nitrogens is 1. The van der Waals surface area contributed by atoms with E-state index in [0.29, 0.717) is 25.7 Å². The second-order valence-electron chi connectivity index (χ2n) is 5.13. The van der Waals surface area contributed by atoms with Gasteiger partial charge in [0.05, 0.1) is 16.6 Å². The number of anilines is 1. The molecule has 2 amide bonds. The van der Waals surface area contributed by atoms with Crippen LogP contribution in [0.1, 0.15) is 36.4 Å². The summed E-state index contributed by atoms with van der Waals surface area (Å²) in [6, 6.07) is -0.185. The van der Waals surface area contributed by atoms with E-state index in [4.69, 9.17) is 5.11 Å². The molecule has 0 unspecified atom stereocenters. The standard InChI is InChI=1S/C13H19N3O3S/c1-7-11(20-8(2)14-7)16-13(19)15-10-5-3-9(4-6-10)12(17)18/h9-10H,3-6H2,1-2H3,(H,17,18)(H2,15,16,19). The van der Waals surface area contributed by atoms with Crippen molar-refractivity contribution in [1.82, 2.24) is 10.3 Å². The maximum absolute atomic E-state index is 11.9. The molecule has 1 aliphatic carbocycles. The first-order valence-corrected chi connectivity index (χ1v) is 7.51. The number of aliphatic carboxylic acids is 1. The minimum absolute atomic E-state index is 0.0555. The van der Waals surface area contributed by atoms with Crippen LogP contribution in [0.3, 0.4) is 0 Å². The summed E-state index contributed by atoms with van der Waals surface area (Å²) in [5.41, 5.74) is 0.817. The quantitative estimate of drug-likeness (QED) is 0.799. The van der Waals surface area contributed by atoms with Crippen molar-refractivity contribution in [3.8, 4) is 0 Å². The minimum Gasteiger partial charge on any atom is -0.481 e. The topological polar surface area (TPSA) is 91.3 Å². The molecule has 0 saturated heterocycles. The second-order valence-corrected chi connectivity index (χ2v) is 6.34. The molecule has 20 heavy (non-hydrogen) atoms. The Hall–Kier alpha value is -1.63. The molecule has 3 N–H and O–H groups in total. The van der Waals surface area contributed by atoms with Crippen LogP contribution in [-0.2, 0) is 4.79 Å². The van der Waals surface area contributed by atoms with Crippen LogP contribution in [0.4, 0.5) is 9.80 Å². The summed E-state index contributed by atoms with van der Waals surface area (Å²) in [5.74, 6) is -0.994. The Kier molecular flexibility index (Phi) is 4.59. The summed E-state index contributed by atoms with van der Waals surface area (Å²) in [6.07, 6.45) is 2.67. The predicted octanol–water partition coefficient (Wildman–Crippen LogP) is 2.52. The van der Waals surface area contributed by atoms with E-state index in [-0.39, 0.29) is 18.0 Å². The summed E-state index contributed by atoms with van der Waals surface area (Å²) in [4.78, 5) is 27.0. The molecule has 1 fully saturated rings. The lowest BCUT2D eigenvalue weighted by Gasteiger charge is -2.26. The third kappa shape index (κ3) is 3.69. The largest absolute Gasteiger partial charge is 0.481 e. The van der Waals surface area contributed by atoms with Gasteiger partial charge in [0.15, 0.2) is 0 Å². The highest BCUT2D eigenvalue weighted by molar-refractivity contribution is 7.16. The normalized spacial score (nSPS) is 22.3. The van der Waals surface area contributed by atoms with E-state index < -0.39 is 5.97 Å². The lowest BCUT2D eigenvalue weighted by Crippen LogP contribution is -2.40. The summed E-state index contributed by atoms with van der Waals surface area (Å²) in [6.45, 7) is 3.76. The van der Waals surface area contributed by atoms with Crippen molar-refractivity contribution < 1.29 is 14.7 Å². The molecule has 1 aromatic rings.